The lowest BCUT2D eigenvalue weighted by Crippen LogP contribution is -2.33. The number of hydrogen-bond donors (Lipinski definition) is 1. The van der Waals surface area contributed by atoms with Crippen LogP contribution in [0.25, 0.3) is 0 Å². The summed E-state index contributed by atoms with van der Waals surface area (Å²) in [5.74, 6) is -0.287. The van der Waals surface area contributed by atoms with Gasteiger partial charge in [-0.25, -0.2) is 4.39 Å². The summed E-state index contributed by atoms with van der Waals surface area (Å²) < 4.78 is 18.7. The summed E-state index contributed by atoms with van der Waals surface area (Å²) in [5, 5.41) is 3.57. The second-order valence-corrected chi connectivity index (χ2v) is 4.58. The van der Waals surface area contributed by atoms with Crippen molar-refractivity contribution in [3.63, 3.8) is 0 Å². The van der Waals surface area contributed by atoms with E-state index in [-0.39, 0.29) is 5.75 Å². The van der Waals surface area contributed by atoms with Crippen molar-refractivity contribution >= 4 is 11.6 Å². The molecule has 1 aromatic rings. The predicted octanol–water partition coefficient (Wildman–Crippen LogP) is 2.79. The lowest BCUT2D eigenvalue weighted by Gasteiger charge is -2.18. The minimum Gasteiger partial charge on any atom is -0.488 e. The Balaban J connectivity index is 2.17. The van der Waals surface area contributed by atoms with Crippen molar-refractivity contribution in [2.75, 3.05) is 39.3 Å². The van der Waals surface area contributed by atoms with E-state index in [0.29, 0.717) is 18.2 Å². The molecule has 0 aliphatic carbocycles. The lowest BCUT2D eigenvalue weighted by atomic mass is 10.3. The third kappa shape index (κ3) is 5.76. The van der Waals surface area contributed by atoms with Crippen LogP contribution in [0.1, 0.15) is 13.8 Å². The van der Waals surface area contributed by atoms with E-state index in [1.54, 1.807) is 12.1 Å². The molecule has 0 aliphatic rings. The number of benzene rings is 1. The summed E-state index contributed by atoms with van der Waals surface area (Å²) in [6.07, 6.45) is 0. The van der Waals surface area contributed by atoms with Gasteiger partial charge in [0.15, 0.2) is 11.6 Å². The molecule has 0 aliphatic heterocycles. The Hall–Kier alpha value is -0.840. The Labute approximate surface area is 119 Å². The van der Waals surface area contributed by atoms with E-state index >= 15 is 0 Å². The number of likely N-dealkylation sites (N-methyl/N-ethyl adjacent to an activating group) is 1. The van der Waals surface area contributed by atoms with Crippen molar-refractivity contribution in [3.8, 4) is 5.75 Å². The van der Waals surface area contributed by atoms with Gasteiger partial charge in [-0.05, 0) is 25.2 Å². The fourth-order valence-electron chi connectivity index (χ4n) is 1.75. The van der Waals surface area contributed by atoms with Crippen molar-refractivity contribution in [2.45, 2.75) is 13.8 Å². The molecule has 108 valence electrons. The SMILES string of the molecule is CCN(CC)CCNCCOc1c(F)cccc1Cl. The Morgan fingerprint density at radius 1 is 1.26 bits per heavy atom. The zero-order valence-electron chi connectivity index (χ0n) is 11.6. The molecule has 0 aromatic heterocycles. The number of nitrogens with zero attached hydrogens (tertiary/aromatic N) is 1. The van der Waals surface area contributed by atoms with E-state index < -0.39 is 5.82 Å². The molecule has 1 N–H and O–H groups in total. The topological polar surface area (TPSA) is 24.5 Å². The van der Waals surface area contributed by atoms with Crippen LogP contribution in [0.15, 0.2) is 18.2 Å². The normalized spacial score (nSPS) is 11.0. The molecule has 0 fully saturated rings. The zero-order chi connectivity index (χ0) is 14.1. The maximum Gasteiger partial charge on any atom is 0.173 e. The fraction of sp³-hybridized carbons (Fsp3) is 0.571. The first-order chi connectivity index (χ1) is 9.19. The van der Waals surface area contributed by atoms with Gasteiger partial charge >= 0.3 is 0 Å². The number of ether oxygens (including phenoxy) is 1. The summed E-state index contributed by atoms with van der Waals surface area (Å²) in [4.78, 5) is 2.33. The molecular weight excluding hydrogens is 267 g/mol. The van der Waals surface area contributed by atoms with Crippen LogP contribution >= 0.6 is 11.6 Å². The van der Waals surface area contributed by atoms with Gasteiger partial charge in [0.05, 0.1) is 5.02 Å². The largest absolute Gasteiger partial charge is 0.488 e. The first kappa shape index (κ1) is 16.2. The predicted molar refractivity (Wildman–Crippen MR) is 77.6 cm³/mol. The van der Waals surface area contributed by atoms with Crippen LogP contribution in [-0.4, -0.2) is 44.2 Å². The van der Waals surface area contributed by atoms with Crippen molar-refractivity contribution in [3.05, 3.63) is 29.0 Å². The molecule has 0 heterocycles. The molecule has 0 amide bonds. The van der Waals surface area contributed by atoms with Gasteiger partial charge in [-0.15, -0.1) is 0 Å². The van der Waals surface area contributed by atoms with Gasteiger partial charge in [0.1, 0.15) is 6.61 Å². The molecule has 0 bridgehead atoms. The van der Waals surface area contributed by atoms with Crippen LogP contribution in [0.4, 0.5) is 4.39 Å². The molecule has 0 saturated carbocycles. The highest BCUT2D eigenvalue weighted by Crippen LogP contribution is 2.26. The van der Waals surface area contributed by atoms with Crippen LogP contribution in [0, 0.1) is 5.82 Å². The highest BCUT2D eigenvalue weighted by molar-refractivity contribution is 6.32. The summed E-state index contributed by atoms with van der Waals surface area (Å²) in [6.45, 7) is 9.38. The second kappa shape index (κ2) is 9.13. The van der Waals surface area contributed by atoms with Crippen molar-refractivity contribution < 1.29 is 9.13 Å². The minimum atomic E-state index is -0.421. The third-order valence-electron chi connectivity index (χ3n) is 2.94. The van der Waals surface area contributed by atoms with Crippen LogP contribution < -0.4 is 10.1 Å². The Morgan fingerprint density at radius 2 is 2.00 bits per heavy atom. The number of rotatable bonds is 9. The van der Waals surface area contributed by atoms with E-state index in [1.165, 1.54) is 6.07 Å². The first-order valence-corrected chi connectivity index (χ1v) is 7.06. The molecule has 19 heavy (non-hydrogen) atoms. The molecule has 1 rings (SSSR count). The van der Waals surface area contributed by atoms with Crippen LogP contribution in [0.3, 0.4) is 0 Å². The summed E-state index contributed by atoms with van der Waals surface area (Å²) >= 11 is 5.86. The monoisotopic (exact) mass is 288 g/mol. The van der Waals surface area contributed by atoms with Gasteiger partial charge in [-0.3, -0.25) is 0 Å². The lowest BCUT2D eigenvalue weighted by molar-refractivity contribution is 0.279. The molecule has 0 atom stereocenters. The summed E-state index contributed by atoms with van der Waals surface area (Å²) in [5.41, 5.74) is 0. The van der Waals surface area contributed by atoms with E-state index in [4.69, 9.17) is 16.3 Å². The number of halogens is 2. The van der Waals surface area contributed by atoms with Gasteiger partial charge in [0.25, 0.3) is 0 Å². The van der Waals surface area contributed by atoms with Crippen molar-refractivity contribution in [1.82, 2.24) is 10.2 Å². The Morgan fingerprint density at radius 3 is 2.63 bits per heavy atom. The van der Waals surface area contributed by atoms with Crippen LogP contribution in [-0.2, 0) is 0 Å². The molecule has 0 unspecified atom stereocenters. The Kier molecular flexibility index (Phi) is 7.79. The smallest absolute Gasteiger partial charge is 0.173 e. The van der Waals surface area contributed by atoms with Gasteiger partial charge in [0, 0.05) is 19.6 Å². The average Bonchev–Trinajstić information content (AvgIpc) is 2.41. The second-order valence-electron chi connectivity index (χ2n) is 4.18. The van der Waals surface area contributed by atoms with E-state index in [2.05, 4.69) is 24.1 Å². The Bertz CT molecular complexity index is 352. The highest BCUT2D eigenvalue weighted by Gasteiger charge is 2.07. The average molecular weight is 289 g/mol. The molecule has 0 radical (unpaired) electrons. The number of hydrogen-bond acceptors (Lipinski definition) is 3. The van der Waals surface area contributed by atoms with Crippen LogP contribution in [0.5, 0.6) is 5.75 Å². The molecule has 0 saturated heterocycles. The van der Waals surface area contributed by atoms with Gasteiger partial charge in [-0.2, -0.15) is 0 Å². The maximum absolute atomic E-state index is 13.4. The number of para-hydroxylation sites is 1. The molecule has 1 aromatic carbocycles. The molecule has 0 spiro atoms. The fourth-order valence-corrected chi connectivity index (χ4v) is 1.97. The van der Waals surface area contributed by atoms with E-state index in [1.807, 2.05) is 0 Å². The van der Waals surface area contributed by atoms with Gasteiger partial charge < -0.3 is 15.0 Å². The van der Waals surface area contributed by atoms with Crippen molar-refractivity contribution in [2.24, 2.45) is 0 Å². The highest BCUT2D eigenvalue weighted by atomic mass is 35.5. The quantitative estimate of drug-likeness (QED) is 0.707. The summed E-state index contributed by atoms with van der Waals surface area (Å²) in [6, 6.07) is 4.52. The minimum absolute atomic E-state index is 0.134. The van der Waals surface area contributed by atoms with E-state index in [9.17, 15) is 4.39 Å². The first-order valence-electron chi connectivity index (χ1n) is 6.68. The standard InChI is InChI=1S/C14H22ClFN2O/c1-3-18(4-2)10-8-17-9-11-19-14-12(15)6-5-7-13(14)16/h5-7,17H,3-4,8-11H2,1-2H3. The molecule has 5 heteroatoms. The van der Waals surface area contributed by atoms with Gasteiger partial charge in [0.2, 0.25) is 0 Å². The van der Waals surface area contributed by atoms with Crippen LogP contribution in [0.2, 0.25) is 5.02 Å². The zero-order valence-corrected chi connectivity index (χ0v) is 12.3. The van der Waals surface area contributed by atoms with Crippen molar-refractivity contribution in [1.29, 1.82) is 0 Å². The molecule has 3 nitrogen and oxygen atoms in total. The molecular formula is C14H22ClFN2O. The maximum atomic E-state index is 13.4. The van der Waals surface area contributed by atoms with E-state index in [0.717, 1.165) is 26.2 Å². The third-order valence-corrected chi connectivity index (χ3v) is 3.24. The number of nitrogens with one attached hydrogen (secondary N) is 1. The summed E-state index contributed by atoms with van der Waals surface area (Å²) in [7, 11) is 0. The van der Waals surface area contributed by atoms with Gasteiger partial charge in [-0.1, -0.05) is 31.5 Å².